The van der Waals surface area contributed by atoms with Crippen LogP contribution < -0.4 is 16.0 Å². The van der Waals surface area contributed by atoms with Crippen LogP contribution in [0.4, 0.5) is 5.69 Å². The summed E-state index contributed by atoms with van der Waals surface area (Å²) in [4.78, 5) is 28.9. The van der Waals surface area contributed by atoms with Crippen molar-refractivity contribution in [2.45, 2.75) is 46.6 Å². The summed E-state index contributed by atoms with van der Waals surface area (Å²) in [5, 5.41) is 3.21. The Bertz CT molecular complexity index is 728. The van der Waals surface area contributed by atoms with Crippen LogP contribution in [0.5, 0.6) is 0 Å². The molecular formula is C24H38N4O2. The zero-order valence-corrected chi connectivity index (χ0v) is 18.8. The minimum Gasteiger partial charge on any atom is -0.368 e. The summed E-state index contributed by atoms with van der Waals surface area (Å²) in [5.41, 5.74) is 7.74. The van der Waals surface area contributed by atoms with Gasteiger partial charge in [-0.2, -0.15) is 0 Å². The highest BCUT2D eigenvalue weighted by Gasteiger charge is 2.35. The molecule has 166 valence electrons. The number of nitrogens with one attached hydrogen (secondary N) is 1. The molecule has 1 heterocycles. The minimum atomic E-state index is 0.0165. The fraction of sp³-hybridized carbons (Fsp3) is 0.667. The van der Waals surface area contributed by atoms with Crippen LogP contribution in [0.25, 0.3) is 0 Å². The Morgan fingerprint density at radius 3 is 2.57 bits per heavy atom. The molecule has 0 aromatic heterocycles. The van der Waals surface area contributed by atoms with Crippen molar-refractivity contribution in [2.75, 3.05) is 37.6 Å². The van der Waals surface area contributed by atoms with Gasteiger partial charge in [-0.3, -0.25) is 9.59 Å². The lowest BCUT2D eigenvalue weighted by Gasteiger charge is -2.36. The normalized spacial score (nSPS) is 24.8. The average Bonchev–Trinajstić information content (AvgIpc) is 2.77. The first-order valence-electron chi connectivity index (χ1n) is 11.5. The number of hydrogen-bond donors (Lipinski definition) is 2. The fourth-order valence-electron chi connectivity index (χ4n) is 5.03. The van der Waals surface area contributed by atoms with Gasteiger partial charge in [-0.15, -0.1) is 0 Å². The second-order valence-electron chi connectivity index (χ2n) is 9.39. The van der Waals surface area contributed by atoms with Gasteiger partial charge in [0.25, 0.3) is 0 Å². The van der Waals surface area contributed by atoms with Crippen LogP contribution in [0.2, 0.25) is 0 Å². The second-order valence-corrected chi connectivity index (χ2v) is 9.39. The lowest BCUT2D eigenvalue weighted by molar-refractivity contribution is -0.130. The van der Waals surface area contributed by atoms with Crippen LogP contribution in [0, 0.1) is 23.7 Å². The molecule has 1 aromatic carbocycles. The van der Waals surface area contributed by atoms with E-state index in [2.05, 4.69) is 49.2 Å². The molecule has 1 saturated heterocycles. The van der Waals surface area contributed by atoms with E-state index in [1.54, 1.807) is 0 Å². The van der Waals surface area contributed by atoms with Gasteiger partial charge < -0.3 is 20.9 Å². The Morgan fingerprint density at radius 1 is 1.17 bits per heavy atom. The maximum absolute atomic E-state index is 13.0. The largest absolute Gasteiger partial charge is 0.368 e. The number of carbonyl (C=O) groups is 2. The summed E-state index contributed by atoms with van der Waals surface area (Å²) >= 11 is 0. The van der Waals surface area contributed by atoms with Crippen LogP contribution in [-0.4, -0.2) is 49.4 Å². The van der Waals surface area contributed by atoms with E-state index < -0.39 is 0 Å². The molecular weight excluding hydrogens is 376 g/mol. The first-order chi connectivity index (χ1) is 14.4. The highest BCUT2D eigenvalue weighted by Crippen LogP contribution is 2.38. The van der Waals surface area contributed by atoms with Gasteiger partial charge in [0.1, 0.15) is 0 Å². The average molecular weight is 415 g/mol. The molecule has 1 aliphatic carbocycles. The third-order valence-electron chi connectivity index (χ3n) is 6.91. The molecule has 1 saturated carbocycles. The number of amides is 2. The molecule has 2 fully saturated rings. The molecule has 0 bridgehead atoms. The smallest absolute Gasteiger partial charge is 0.236 e. The fourth-order valence-corrected chi connectivity index (χ4v) is 5.03. The Hall–Kier alpha value is -2.08. The monoisotopic (exact) mass is 414 g/mol. The number of anilines is 1. The molecule has 1 aromatic rings. The Kier molecular flexibility index (Phi) is 7.75. The predicted octanol–water partition coefficient (Wildman–Crippen LogP) is 2.62. The Morgan fingerprint density at radius 2 is 1.90 bits per heavy atom. The van der Waals surface area contributed by atoms with E-state index in [4.69, 9.17) is 5.73 Å². The molecule has 0 radical (unpaired) electrons. The number of nitrogens with zero attached hydrogens (tertiary/aromatic N) is 2. The Balaban J connectivity index is 1.56. The van der Waals surface area contributed by atoms with Crippen molar-refractivity contribution in [2.24, 2.45) is 29.4 Å². The molecule has 2 aliphatic rings. The van der Waals surface area contributed by atoms with Gasteiger partial charge in [0.15, 0.2) is 0 Å². The molecule has 3 rings (SSSR count). The summed E-state index contributed by atoms with van der Waals surface area (Å²) in [6, 6.07) is 8.38. The third kappa shape index (κ3) is 5.54. The minimum absolute atomic E-state index is 0.0165. The standard InChI is InChI=1S/C24H38N4O2/c1-17(2)21-8-7-18(3)13-22(21)24(30)26-16-19-5-4-6-20(14-19)27-9-11-28(12-10-27)23(29)15-25/h4-6,14,17-18,21-22H,7-13,15-16,25H2,1-3H3,(H,26,30)/t18-,21+,22-/m1/s1. The van der Waals surface area contributed by atoms with Gasteiger partial charge in [-0.1, -0.05) is 39.3 Å². The first-order valence-corrected chi connectivity index (χ1v) is 11.5. The van der Waals surface area contributed by atoms with E-state index in [1.807, 2.05) is 11.0 Å². The highest BCUT2D eigenvalue weighted by atomic mass is 16.2. The molecule has 6 nitrogen and oxygen atoms in total. The van der Waals surface area contributed by atoms with E-state index >= 15 is 0 Å². The molecule has 0 spiro atoms. The molecule has 0 unspecified atom stereocenters. The summed E-state index contributed by atoms with van der Waals surface area (Å²) < 4.78 is 0. The molecule has 2 amide bonds. The number of benzene rings is 1. The van der Waals surface area contributed by atoms with Crippen LogP contribution >= 0.6 is 0 Å². The van der Waals surface area contributed by atoms with Gasteiger partial charge >= 0.3 is 0 Å². The van der Waals surface area contributed by atoms with Crippen molar-refractivity contribution < 1.29 is 9.59 Å². The second kappa shape index (κ2) is 10.3. The summed E-state index contributed by atoms with van der Waals surface area (Å²) in [7, 11) is 0. The van der Waals surface area contributed by atoms with Crippen molar-refractivity contribution in [1.82, 2.24) is 10.2 Å². The van der Waals surface area contributed by atoms with E-state index in [9.17, 15) is 9.59 Å². The maximum atomic E-state index is 13.0. The number of rotatable bonds is 6. The highest BCUT2D eigenvalue weighted by molar-refractivity contribution is 5.79. The van der Waals surface area contributed by atoms with Gasteiger partial charge in [0, 0.05) is 44.3 Å². The van der Waals surface area contributed by atoms with Crippen LogP contribution in [0.1, 0.15) is 45.6 Å². The molecule has 1 aliphatic heterocycles. The van der Waals surface area contributed by atoms with E-state index in [0.29, 0.717) is 37.4 Å². The molecule has 3 atom stereocenters. The Labute approximate surface area is 181 Å². The van der Waals surface area contributed by atoms with Gasteiger partial charge in [-0.25, -0.2) is 0 Å². The SMILES string of the molecule is CC(C)[C@@H]1CC[C@@H](C)C[C@H]1C(=O)NCc1cccc(N2CCN(C(=O)CN)CC2)c1. The van der Waals surface area contributed by atoms with Crippen LogP contribution in [-0.2, 0) is 16.1 Å². The quantitative estimate of drug-likeness (QED) is 0.750. The first kappa shape index (κ1) is 22.6. The van der Waals surface area contributed by atoms with Crippen molar-refractivity contribution in [3.05, 3.63) is 29.8 Å². The zero-order valence-electron chi connectivity index (χ0n) is 18.8. The summed E-state index contributed by atoms with van der Waals surface area (Å²) in [5.74, 6) is 2.01. The van der Waals surface area contributed by atoms with Gasteiger partial charge in [0.2, 0.25) is 11.8 Å². The zero-order chi connectivity index (χ0) is 21.7. The summed E-state index contributed by atoms with van der Waals surface area (Å²) in [6.07, 6.45) is 3.39. The van der Waals surface area contributed by atoms with E-state index in [1.165, 1.54) is 6.42 Å². The number of piperazine rings is 1. The van der Waals surface area contributed by atoms with Gasteiger partial charge in [-0.05, 0) is 48.3 Å². The molecule has 6 heteroatoms. The lowest BCUT2D eigenvalue weighted by atomic mass is 9.70. The molecule has 3 N–H and O–H groups in total. The van der Waals surface area contributed by atoms with Gasteiger partial charge in [0.05, 0.1) is 6.54 Å². The van der Waals surface area contributed by atoms with Crippen molar-refractivity contribution >= 4 is 17.5 Å². The third-order valence-corrected chi connectivity index (χ3v) is 6.91. The van der Waals surface area contributed by atoms with Crippen LogP contribution in [0.3, 0.4) is 0 Å². The number of nitrogens with two attached hydrogens (primary N) is 1. The van der Waals surface area contributed by atoms with E-state index in [0.717, 1.165) is 37.2 Å². The van der Waals surface area contributed by atoms with Crippen molar-refractivity contribution in [1.29, 1.82) is 0 Å². The number of hydrogen-bond acceptors (Lipinski definition) is 4. The van der Waals surface area contributed by atoms with Crippen molar-refractivity contribution in [3.8, 4) is 0 Å². The topological polar surface area (TPSA) is 78.7 Å². The van der Waals surface area contributed by atoms with Crippen molar-refractivity contribution in [3.63, 3.8) is 0 Å². The predicted molar refractivity (Wildman–Crippen MR) is 121 cm³/mol. The van der Waals surface area contributed by atoms with Crippen LogP contribution in [0.15, 0.2) is 24.3 Å². The summed E-state index contributed by atoms with van der Waals surface area (Å²) in [6.45, 7) is 10.4. The lowest BCUT2D eigenvalue weighted by Crippen LogP contribution is -2.50. The number of carbonyl (C=O) groups excluding carboxylic acids is 2. The molecule has 30 heavy (non-hydrogen) atoms. The maximum Gasteiger partial charge on any atom is 0.236 e. The van der Waals surface area contributed by atoms with E-state index in [-0.39, 0.29) is 24.3 Å².